The number of nitrogens with one attached hydrogen (secondary N) is 1. The fraction of sp³-hybridized carbons (Fsp3) is 0.158. The molecule has 0 spiro atoms. The highest BCUT2D eigenvalue weighted by Gasteiger charge is 2.24. The number of hydrogen-bond donors (Lipinski definition) is 2. The van der Waals surface area contributed by atoms with Gasteiger partial charge < -0.3 is 5.73 Å². The first-order valence-electron chi connectivity index (χ1n) is 7.60. The van der Waals surface area contributed by atoms with Gasteiger partial charge in [-0.05, 0) is 18.1 Å². The fourth-order valence-electron chi connectivity index (χ4n) is 2.97. The monoisotopic (exact) mass is 305 g/mol. The maximum atomic E-state index is 11.6. The molecule has 1 amide bonds. The lowest BCUT2D eigenvalue weighted by atomic mass is 9.85. The Labute approximate surface area is 135 Å². The summed E-state index contributed by atoms with van der Waals surface area (Å²) in [6, 6.07) is 20.0. The van der Waals surface area contributed by atoms with Crippen molar-refractivity contribution in [3.63, 3.8) is 0 Å². The molecule has 3 N–H and O–H groups in total. The number of aryl methyl sites for hydroxylation is 1. The van der Waals surface area contributed by atoms with Crippen LogP contribution in [-0.4, -0.2) is 16.1 Å². The number of primary amides is 1. The first-order valence-corrected chi connectivity index (χ1v) is 7.60. The molecule has 0 radical (unpaired) electrons. The molecule has 1 aromatic heterocycles. The Kier molecular flexibility index (Phi) is 4.24. The smallest absolute Gasteiger partial charge is 0.218 e. The van der Waals surface area contributed by atoms with Crippen LogP contribution in [0.15, 0.2) is 60.7 Å². The van der Waals surface area contributed by atoms with Crippen LogP contribution in [0.2, 0.25) is 0 Å². The molecule has 116 valence electrons. The molecule has 1 unspecified atom stereocenters. The minimum absolute atomic E-state index is 0.109. The zero-order valence-electron chi connectivity index (χ0n) is 13.0. The fourth-order valence-corrected chi connectivity index (χ4v) is 2.97. The lowest BCUT2D eigenvalue weighted by molar-refractivity contribution is -0.118. The first kappa shape index (κ1) is 15.0. The molecule has 1 heterocycles. The average Bonchev–Trinajstić information content (AvgIpc) is 2.95. The van der Waals surface area contributed by atoms with Crippen LogP contribution in [0.4, 0.5) is 0 Å². The van der Waals surface area contributed by atoms with Crippen LogP contribution in [0.5, 0.6) is 0 Å². The highest BCUT2D eigenvalue weighted by atomic mass is 16.1. The zero-order chi connectivity index (χ0) is 16.2. The van der Waals surface area contributed by atoms with Gasteiger partial charge >= 0.3 is 0 Å². The van der Waals surface area contributed by atoms with Gasteiger partial charge in [-0.25, -0.2) is 0 Å². The van der Waals surface area contributed by atoms with Crippen LogP contribution in [0.3, 0.4) is 0 Å². The van der Waals surface area contributed by atoms with Gasteiger partial charge in [-0.3, -0.25) is 9.89 Å². The molecule has 3 rings (SSSR count). The normalized spacial score (nSPS) is 12.0. The van der Waals surface area contributed by atoms with E-state index in [1.807, 2.05) is 67.6 Å². The van der Waals surface area contributed by atoms with Gasteiger partial charge in [-0.15, -0.1) is 0 Å². The molecule has 0 aliphatic carbocycles. The Morgan fingerprint density at radius 1 is 1.09 bits per heavy atom. The van der Waals surface area contributed by atoms with E-state index in [2.05, 4.69) is 10.2 Å². The Balaban J connectivity index is 2.14. The third-order valence-electron chi connectivity index (χ3n) is 4.01. The standard InChI is InChI=1S/C19H19N3O/c1-13-18(19(22-21-13)15-10-6-3-7-11-15)16(12-17(20)23)14-8-4-2-5-9-14/h2-11,16H,12H2,1H3,(H2,20,23)(H,21,22). The molecular weight excluding hydrogens is 286 g/mol. The second-order valence-corrected chi connectivity index (χ2v) is 5.60. The summed E-state index contributed by atoms with van der Waals surface area (Å²) in [6.07, 6.45) is 0.254. The average molecular weight is 305 g/mol. The topological polar surface area (TPSA) is 71.8 Å². The summed E-state index contributed by atoms with van der Waals surface area (Å²) in [4.78, 5) is 11.6. The molecule has 0 aliphatic heterocycles. The zero-order valence-corrected chi connectivity index (χ0v) is 13.0. The van der Waals surface area contributed by atoms with Crippen molar-refractivity contribution in [3.05, 3.63) is 77.5 Å². The Bertz CT molecular complexity index is 794. The predicted octanol–water partition coefficient (Wildman–Crippen LogP) is 3.39. The van der Waals surface area contributed by atoms with Crippen LogP contribution in [0.25, 0.3) is 11.3 Å². The lowest BCUT2D eigenvalue weighted by Crippen LogP contribution is -2.17. The van der Waals surface area contributed by atoms with Crippen molar-refractivity contribution in [1.82, 2.24) is 10.2 Å². The number of benzene rings is 2. The quantitative estimate of drug-likeness (QED) is 0.758. The van der Waals surface area contributed by atoms with Crippen LogP contribution in [-0.2, 0) is 4.79 Å². The first-order chi connectivity index (χ1) is 11.2. The van der Waals surface area contributed by atoms with Crippen molar-refractivity contribution in [1.29, 1.82) is 0 Å². The minimum Gasteiger partial charge on any atom is -0.370 e. The number of H-pyrrole nitrogens is 1. The molecule has 3 aromatic rings. The largest absolute Gasteiger partial charge is 0.370 e. The number of aromatic nitrogens is 2. The Morgan fingerprint density at radius 3 is 2.30 bits per heavy atom. The minimum atomic E-state index is -0.321. The summed E-state index contributed by atoms with van der Waals surface area (Å²) in [5.41, 5.74) is 10.5. The van der Waals surface area contributed by atoms with Crippen molar-refractivity contribution in [2.75, 3.05) is 0 Å². The maximum absolute atomic E-state index is 11.6. The van der Waals surface area contributed by atoms with Crippen LogP contribution in [0.1, 0.15) is 29.2 Å². The summed E-state index contributed by atoms with van der Waals surface area (Å²) in [7, 11) is 0. The van der Waals surface area contributed by atoms with Crippen molar-refractivity contribution >= 4 is 5.91 Å². The number of aromatic amines is 1. The highest BCUT2D eigenvalue weighted by Crippen LogP contribution is 2.36. The third-order valence-corrected chi connectivity index (χ3v) is 4.01. The molecule has 0 saturated heterocycles. The van der Waals surface area contributed by atoms with Crippen molar-refractivity contribution in [2.45, 2.75) is 19.3 Å². The predicted molar refractivity (Wildman–Crippen MR) is 90.9 cm³/mol. The molecule has 4 heteroatoms. The van der Waals surface area contributed by atoms with Crippen molar-refractivity contribution in [2.24, 2.45) is 5.73 Å². The second-order valence-electron chi connectivity index (χ2n) is 5.60. The van der Waals surface area contributed by atoms with E-state index in [1.54, 1.807) is 0 Å². The van der Waals surface area contributed by atoms with Gasteiger partial charge in [0.25, 0.3) is 0 Å². The number of nitrogens with zero attached hydrogens (tertiary/aromatic N) is 1. The van der Waals surface area contributed by atoms with Crippen LogP contribution < -0.4 is 5.73 Å². The van der Waals surface area contributed by atoms with E-state index in [0.29, 0.717) is 0 Å². The molecule has 0 bridgehead atoms. The van der Waals surface area contributed by atoms with E-state index >= 15 is 0 Å². The Morgan fingerprint density at radius 2 is 1.70 bits per heavy atom. The van der Waals surface area contributed by atoms with Crippen molar-refractivity contribution < 1.29 is 4.79 Å². The van der Waals surface area contributed by atoms with E-state index in [4.69, 9.17) is 5.73 Å². The van der Waals surface area contributed by atoms with Crippen molar-refractivity contribution in [3.8, 4) is 11.3 Å². The number of rotatable bonds is 5. The number of amides is 1. The van der Waals surface area contributed by atoms with Gasteiger partial charge in [0, 0.05) is 17.9 Å². The summed E-state index contributed by atoms with van der Waals surface area (Å²) in [5, 5.41) is 7.48. The van der Waals surface area contributed by atoms with Gasteiger partial charge in [0.1, 0.15) is 0 Å². The van der Waals surface area contributed by atoms with Gasteiger partial charge in [-0.1, -0.05) is 60.7 Å². The SMILES string of the molecule is Cc1n[nH]c(-c2ccccc2)c1C(CC(N)=O)c1ccccc1. The second kappa shape index (κ2) is 6.48. The van der Waals surface area contributed by atoms with Gasteiger partial charge in [-0.2, -0.15) is 5.10 Å². The summed E-state index contributed by atoms with van der Waals surface area (Å²) in [5.74, 6) is -0.430. The molecule has 4 nitrogen and oxygen atoms in total. The van der Waals surface area contributed by atoms with Gasteiger partial charge in [0.05, 0.1) is 11.4 Å². The summed E-state index contributed by atoms with van der Waals surface area (Å²) >= 11 is 0. The van der Waals surface area contributed by atoms with Gasteiger partial charge in [0.2, 0.25) is 5.91 Å². The molecule has 2 aromatic carbocycles. The number of nitrogens with two attached hydrogens (primary N) is 1. The molecule has 0 aliphatic rings. The molecular formula is C19H19N3O. The summed E-state index contributed by atoms with van der Waals surface area (Å²) in [6.45, 7) is 1.95. The molecule has 1 atom stereocenters. The van der Waals surface area contributed by atoms with E-state index in [1.165, 1.54) is 0 Å². The van der Waals surface area contributed by atoms with E-state index in [0.717, 1.165) is 28.1 Å². The maximum Gasteiger partial charge on any atom is 0.218 e. The third kappa shape index (κ3) is 3.16. The van der Waals surface area contributed by atoms with Crippen LogP contribution in [0, 0.1) is 6.92 Å². The van der Waals surface area contributed by atoms with Crippen LogP contribution >= 0.6 is 0 Å². The summed E-state index contributed by atoms with van der Waals surface area (Å²) < 4.78 is 0. The molecule has 0 saturated carbocycles. The van der Waals surface area contributed by atoms with E-state index < -0.39 is 0 Å². The number of hydrogen-bond acceptors (Lipinski definition) is 2. The highest BCUT2D eigenvalue weighted by molar-refractivity contribution is 5.77. The Hall–Kier alpha value is -2.88. The number of carbonyl (C=O) groups is 1. The lowest BCUT2D eigenvalue weighted by Gasteiger charge is -2.17. The van der Waals surface area contributed by atoms with Gasteiger partial charge in [0.15, 0.2) is 0 Å². The van der Waals surface area contributed by atoms with E-state index in [9.17, 15) is 4.79 Å². The molecule has 23 heavy (non-hydrogen) atoms. The number of carbonyl (C=O) groups excluding carboxylic acids is 1. The molecule has 0 fully saturated rings. The van der Waals surface area contributed by atoms with E-state index in [-0.39, 0.29) is 18.2 Å².